The van der Waals surface area contributed by atoms with Crippen LogP contribution in [0.5, 0.6) is 0 Å². The summed E-state index contributed by atoms with van der Waals surface area (Å²) in [6.07, 6.45) is 0. The minimum atomic E-state index is -0.321. The Kier molecular flexibility index (Phi) is 4.81. The quantitative estimate of drug-likeness (QED) is 0.623. The number of likely N-dealkylation sites (N-methyl/N-ethyl adjacent to an activating group) is 1. The molecular weight excluding hydrogens is 262 g/mol. The van der Waals surface area contributed by atoms with Gasteiger partial charge in [0.15, 0.2) is 5.16 Å². The lowest BCUT2D eigenvalue weighted by atomic mass is 10.3. The maximum atomic E-state index is 11.6. The van der Waals surface area contributed by atoms with Gasteiger partial charge in [-0.15, -0.1) is 0 Å². The van der Waals surface area contributed by atoms with E-state index in [9.17, 15) is 4.79 Å². The van der Waals surface area contributed by atoms with Crippen LogP contribution in [0.15, 0.2) is 29.4 Å². The average molecular weight is 279 g/mol. The number of nitrogens with zero attached hydrogens (tertiary/aromatic N) is 1. The molecule has 0 fully saturated rings. The summed E-state index contributed by atoms with van der Waals surface area (Å²) in [5.41, 5.74) is 1.93. The molecule has 0 aliphatic rings. The SMILES string of the molecule is CCOC(=O)C(CSc1nc2ccccc2[nH]1)NC. The minimum Gasteiger partial charge on any atom is -0.465 e. The molecule has 0 aliphatic heterocycles. The van der Waals surface area contributed by atoms with Crippen LogP contribution in [0, 0.1) is 0 Å². The summed E-state index contributed by atoms with van der Waals surface area (Å²) in [4.78, 5) is 19.3. The van der Waals surface area contributed by atoms with Gasteiger partial charge < -0.3 is 15.0 Å². The number of hydrogen-bond acceptors (Lipinski definition) is 5. The molecule has 19 heavy (non-hydrogen) atoms. The van der Waals surface area contributed by atoms with E-state index in [0.717, 1.165) is 16.2 Å². The van der Waals surface area contributed by atoms with Crippen LogP contribution >= 0.6 is 11.8 Å². The average Bonchev–Trinajstić information content (AvgIpc) is 2.82. The van der Waals surface area contributed by atoms with Crippen molar-refractivity contribution in [3.05, 3.63) is 24.3 Å². The van der Waals surface area contributed by atoms with E-state index in [1.54, 1.807) is 14.0 Å². The van der Waals surface area contributed by atoms with Crippen LogP contribution in [0.1, 0.15) is 6.92 Å². The van der Waals surface area contributed by atoms with Crippen molar-refractivity contribution in [2.45, 2.75) is 18.1 Å². The highest BCUT2D eigenvalue weighted by atomic mass is 32.2. The largest absolute Gasteiger partial charge is 0.465 e. The van der Waals surface area contributed by atoms with Gasteiger partial charge in [-0.2, -0.15) is 0 Å². The fraction of sp³-hybridized carbons (Fsp3) is 0.385. The molecule has 1 unspecified atom stereocenters. The predicted molar refractivity (Wildman–Crippen MR) is 76.3 cm³/mol. The van der Waals surface area contributed by atoms with Crippen molar-refractivity contribution in [2.75, 3.05) is 19.4 Å². The third-order valence-corrected chi connectivity index (χ3v) is 3.64. The maximum Gasteiger partial charge on any atom is 0.323 e. The summed E-state index contributed by atoms with van der Waals surface area (Å²) < 4.78 is 5.00. The smallest absolute Gasteiger partial charge is 0.323 e. The second kappa shape index (κ2) is 6.58. The van der Waals surface area contributed by atoms with Gasteiger partial charge in [0, 0.05) is 5.75 Å². The Labute approximate surface area is 116 Å². The first kappa shape index (κ1) is 13.9. The highest BCUT2D eigenvalue weighted by Crippen LogP contribution is 2.19. The van der Waals surface area contributed by atoms with E-state index in [1.807, 2.05) is 24.3 Å². The minimum absolute atomic E-state index is 0.228. The van der Waals surface area contributed by atoms with Crippen LogP contribution in [-0.2, 0) is 9.53 Å². The number of fused-ring (bicyclic) bond motifs is 1. The molecule has 0 amide bonds. The molecule has 0 aliphatic carbocycles. The van der Waals surface area contributed by atoms with Crippen LogP contribution in [0.3, 0.4) is 0 Å². The third kappa shape index (κ3) is 3.48. The highest BCUT2D eigenvalue weighted by Gasteiger charge is 2.18. The molecule has 2 rings (SSSR count). The van der Waals surface area contributed by atoms with Gasteiger partial charge >= 0.3 is 5.97 Å². The highest BCUT2D eigenvalue weighted by molar-refractivity contribution is 7.99. The maximum absolute atomic E-state index is 11.6. The number of benzene rings is 1. The lowest BCUT2D eigenvalue weighted by Crippen LogP contribution is -2.37. The van der Waals surface area contributed by atoms with Gasteiger partial charge in [0.2, 0.25) is 0 Å². The molecule has 0 radical (unpaired) electrons. The van der Waals surface area contributed by atoms with Gasteiger partial charge in [0.1, 0.15) is 6.04 Å². The molecule has 0 spiro atoms. The van der Waals surface area contributed by atoms with E-state index in [0.29, 0.717) is 12.4 Å². The first-order valence-electron chi connectivity index (χ1n) is 6.16. The van der Waals surface area contributed by atoms with Crippen LogP contribution in [0.4, 0.5) is 0 Å². The summed E-state index contributed by atoms with van der Waals surface area (Å²) in [6, 6.07) is 7.53. The molecule has 1 aromatic carbocycles. The molecule has 0 bridgehead atoms. The number of ether oxygens (including phenoxy) is 1. The third-order valence-electron chi connectivity index (χ3n) is 2.67. The summed E-state index contributed by atoms with van der Waals surface area (Å²) in [6.45, 7) is 2.20. The van der Waals surface area contributed by atoms with E-state index < -0.39 is 0 Å². The molecule has 2 aromatic rings. The van der Waals surface area contributed by atoms with Gasteiger partial charge in [-0.25, -0.2) is 4.98 Å². The second-order valence-corrected chi connectivity index (χ2v) is 4.97. The molecule has 102 valence electrons. The first-order valence-corrected chi connectivity index (χ1v) is 7.14. The Bertz CT molecular complexity index is 523. The van der Waals surface area contributed by atoms with Crippen molar-refractivity contribution in [1.29, 1.82) is 0 Å². The number of aromatic amines is 1. The predicted octanol–water partition coefficient (Wildman–Crippen LogP) is 1.81. The zero-order chi connectivity index (χ0) is 13.7. The summed E-state index contributed by atoms with van der Waals surface area (Å²) in [5, 5.41) is 3.76. The standard InChI is InChI=1S/C13H17N3O2S/c1-3-18-12(17)11(14-2)8-19-13-15-9-6-4-5-7-10(9)16-13/h4-7,11,14H,3,8H2,1-2H3,(H,15,16). The number of carbonyl (C=O) groups is 1. The van der Waals surface area contributed by atoms with E-state index in [-0.39, 0.29) is 12.0 Å². The van der Waals surface area contributed by atoms with Crippen molar-refractivity contribution >= 4 is 28.8 Å². The van der Waals surface area contributed by atoms with Crippen molar-refractivity contribution in [2.24, 2.45) is 0 Å². The monoisotopic (exact) mass is 279 g/mol. The van der Waals surface area contributed by atoms with Crippen LogP contribution in [0.25, 0.3) is 11.0 Å². The lowest BCUT2D eigenvalue weighted by molar-refractivity contribution is -0.144. The molecule has 1 aromatic heterocycles. The van der Waals surface area contributed by atoms with E-state index >= 15 is 0 Å². The number of rotatable bonds is 6. The number of para-hydroxylation sites is 2. The van der Waals surface area contributed by atoms with E-state index in [2.05, 4.69) is 15.3 Å². The Morgan fingerprint density at radius 2 is 2.32 bits per heavy atom. The lowest BCUT2D eigenvalue weighted by Gasteiger charge is -2.13. The Hall–Kier alpha value is -1.53. The van der Waals surface area contributed by atoms with Gasteiger partial charge in [-0.1, -0.05) is 23.9 Å². The molecule has 0 saturated carbocycles. The van der Waals surface area contributed by atoms with Crippen LogP contribution in [0.2, 0.25) is 0 Å². The van der Waals surface area contributed by atoms with Crippen molar-refractivity contribution < 1.29 is 9.53 Å². The van der Waals surface area contributed by atoms with Crippen LogP contribution in [-0.4, -0.2) is 41.4 Å². The molecule has 2 N–H and O–H groups in total. The van der Waals surface area contributed by atoms with Crippen molar-refractivity contribution in [1.82, 2.24) is 15.3 Å². The number of nitrogens with one attached hydrogen (secondary N) is 2. The molecule has 1 heterocycles. The van der Waals surface area contributed by atoms with Crippen LogP contribution < -0.4 is 5.32 Å². The number of aromatic nitrogens is 2. The van der Waals surface area contributed by atoms with Crippen molar-refractivity contribution in [3.63, 3.8) is 0 Å². The number of esters is 1. The van der Waals surface area contributed by atoms with Gasteiger partial charge in [0.25, 0.3) is 0 Å². The fourth-order valence-electron chi connectivity index (χ4n) is 1.67. The molecule has 5 nitrogen and oxygen atoms in total. The number of carbonyl (C=O) groups excluding carboxylic acids is 1. The number of imidazole rings is 1. The van der Waals surface area contributed by atoms with E-state index in [4.69, 9.17) is 4.74 Å². The summed E-state index contributed by atoms with van der Waals surface area (Å²) in [5.74, 6) is 0.350. The Morgan fingerprint density at radius 3 is 3.00 bits per heavy atom. The van der Waals surface area contributed by atoms with Gasteiger partial charge in [-0.3, -0.25) is 4.79 Å². The normalized spacial score (nSPS) is 12.5. The fourth-order valence-corrected chi connectivity index (χ4v) is 2.64. The molecular formula is C13H17N3O2S. The molecule has 6 heteroatoms. The number of thioether (sulfide) groups is 1. The van der Waals surface area contributed by atoms with Gasteiger partial charge in [-0.05, 0) is 26.1 Å². The number of H-pyrrole nitrogens is 1. The zero-order valence-electron chi connectivity index (χ0n) is 11.0. The Morgan fingerprint density at radius 1 is 1.53 bits per heavy atom. The molecule has 0 saturated heterocycles. The van der Waals surface area contributed by atoms with Gasteiger partial charge in [0.05, 0.1) is 17.6 Å². The zero-order valence-corrected chi connectivity index (χ0v) is 11.8. The molecule has 1 atom stereocenters. The first-order chi connectivity index (χ1) is 9.24. The second-order valence-electron chi connectivity index (χ2n) is 3.96. The van der Waals surface area contributed by atoms with Crippen molar-refractivity contribution in [3.8, 4) is 0 Å². The summed E-state index contributed by atoms with van der Waals surface area (Å²) in [7, 11) is 1.75. The number of hydrogen-bond donors (Lipinski definition) is 2. The Balaban J connectivity index is 1.98. The summed E-state index contributed by atoms with van der Waals surface area (Å²) >= 11 is 1.50. The van der Waals surface area contributed by atoms with E-state index in [1.165, 1.54) is 11.8 Å². The topological polar surface area (TPSA) is 67.0 Å².